The molecule has 140 valence electrons. The Hall–Kier alpha value is -2.63. The van der Waals surface area contributed by atoms with Crippen LogP contribution in [0.1, 0.15) is 53.1 Å². The Labute approximate surface area is 158 Å². The number of fused-ring (bicyclic) bond motifs is 3. The minimum atomic E-state index is -0.640. The van der Waals surface area contributed by atoms with Gasteiger partial charge in [-0.25, -0.2) is 0 Å². The molecular weight excluding hydrogens is 342 g/mol. The van der Waals surface area contributed by atoms with Crippen molar-refractivity contribution in [2.24, 2.45) is 0 Å². The highest BCUT2D eigenvalue weighted by Gasteiger charge is 2.52. The highest BCUT2D eigenvalue weighted by molar-refractivity contribution is 6.08. The minimum Gasteiger partial charge on any atom is -0.350 e. The fourth-order valence-electron chi connectivity index (χ4n) is 5.04. The number of amides is 2. The number of likely N-dealkylation sites (N-methyl/N-ethyl adjacent to an activating group) is 1. The lowest BCUT2D eigenvalue weighted by Gasteiger charge is -2.39. The molecule has 5 rings (SSSR count). The maximum atomic E-state index is 13.2. The number of aromatic nitrogens is 1. The Balaban J connectivity index is 1.49. The first kappa shape index (κ1) is 16.5. The van der Waals surface area contributed by atoms with Crippen LogP contribution in [0.4, 0.5) is 5.69 Å². The SMILES string of the molecule is CN1C(=O)[C@]2(CCCN(C(=O)c3onc4c3CCCC4)C2)c2ccccc21. The number of para-hydroxylation sites is 1. The lowest BCUT2D eigenvalue weighted by Crippen LogP contribution is -2.53. The molecule has 0 bridgehead atoms. The maximum absolute atomic E-state index is 13.2. The summed E-state index contributed by atoms with van der Waals surface area (Å²) in [6, 6.07) is 7.94. The third-order valence-electron chi connectivity index (χ3n) is 6.43. The van der Waals surface area contributed by atoms with Crippen molar-refractivity contribution >= 4 is 17.5 Å². The topological polar surface area (TPSA) is 66.7 Å². The number of rotatable bonds is 1. The average molecular weight is 365 g/mol. The van der Waals surface area contributed by atoms with Gasteiger partial charge in [-0.2, -0.15) is 0 Å². The van der Waals surface area contributed by atoms with Gasteiger partial charge in [0.2, 0.25) is 11.7 Å². The molecule has 0 saturated carbocycles. The van der Waals surface area contributed by atoms with Crippen molar-refractivity contribution in [3.05, 3.63) is 46.8 Å². The van der Waals surface area contributed by atoms with E-state index in [2.05, 4.69) is 5.16 Å². The first-order valence-electron chi connectivity index (χ1n) is 9.76. The van der Waals surface area contributed by atoms with Crippen LogP contribution in [0.25, 0.3) is 0 Å². The van der Waals surface area contributed by atoms with E-state index >= 15 is 0 Å². The molecule has 27 heavy (non-hydrogen) atoms. The van der Waals surface area contributed by atoms with Crippen LogP contribution in [0.2, 0.25) is 0 Å². The summed E-state index contributed by atoms with van der Waals surface area (Å²) in [7, 11) is 1.82. The molecule has 2 aromatic rings. The molecule has 1 fully saturated rings. The van der Waals surface area contributed by atoms with Crippen molar-refractivity contribution in [2.75, 3.05) is 25.0 Å². The highest BCUT2D eigenvalue weighted by Crippen LogP contribution is 2.46. The van der Waals surface area contributed by atoms with Crippen LogP contribution in [-0.2, 0) is 23.1 Å². The maximum Gasteiger partial charge on any atom is 0.292 e. The average Bonchev–Trinajstić information content (AvgIpc) is 3.23. The minimum absolute atomic E-state index is 0.0841. The summed E-state index contributed by atoms with van der Waals surface area (Å²) >= 11 is 0. The summed E-state index contributed by atoms with van der Waals surface area (Å²) in [6.45, 7) is 1.05. The predicted octanol–water partition coefficient (Wildman–Crippen LogP) is 2.70. The summed E-state index contributed by atoms with van der Waals surface area (Å²) in [5.41, 5.74) is 3.25. The zero-order chi connectivity index (χ0) is 18.6. The van der Waals surface area contributed by atoms with E-state index in [4.69, 9.17) is 4.52 Å². The van der Waals surface area contributed by atoms with E-state index in [1.807, 2.05) is 31.3 Å². The van der Waals surface area contributed by atoms with Crippen molar-refractivity contribution in [3.8, 4) is 0 Å². The van der Waals surface area contributed by atoms with Gasteiger partial charge in [0.25, 0.3) is 5.91 Å². The van der Waals surface area contributed by atoms with Gasteiger partial charge in [-0.1, -0.05) is 23.4 Å². The Kier molecular flexibility index (Phi) is 3.64. The van der Waals surface area contributed by atoms with Gasteiger partial charge in [-0.15, -0.1) is 0 Å². The second kappa shape index (κ2) is 5.94. The largest absolute Gasteiger partial charge is 0.350 e. The molecule has 3 aliphatic rings. The summed E-state index contributed by atoms with van der Waals surface area (Å²) < 4.78 is 5.46. The van der Waals surface area contributed by atoms with E-state index in [1.165, 1.54) is 0 Å². The van der Waals surface area contributed by atoms with Gasteiger partial charge < -0.3 is 14.3 Å². The number of likely N-dealkylation sites (tertiary alicyclic amines) is 1. The van der Waals surface area contributed by atoms with Crippen LogP contribution < -0.4 is 4.90 Å². The second-order valence-corrected chi connectivity index (χ2v) is 7.94. The Morgan fingerprint density at radius 2 is 2.00 bits per heavy atom. The van der Waals surface area contributed by atoms with E-state index in [9.17, 15) is 9.59 Å². The Morgan fingerprint density at radius 1 is 1.19 bits per heavy atom. The van der Waals surface area contributed by atoms with E-state index in [-0.39, 0.29) is 11.8 Å². The summed E-state index contributed by atoms with van der Waals surface area (Å²) in [4.78, 5) is 30.0. The number of piperidine rings is 1. The quantitative estimate of drug-likeness (QED) is 0.779. The molecular formula is C21H23N3O3. The van der Waals surface area contributed by atoms with E-state index in [1.54, 1.807) is 9.80 Å². The van der Waals surface area contributed by atoms with Crippen LogP contribution >= 0.6 is 0 Å². The number of hydrogen-bond donors (Lipinski definition) is 0. The lowest BCUT2D eigenvalue weighted by atomic mass is 9.75. The van der Waals surface area contributed by atoms with Gasteiger partial charge in [0, 0.05) is 31.4 Å². The van der Waals surface area contributed by atoms with Gasteiger partial charge in [0.05, 0.1) is 11.1 Å². The normalized spacial score (nSPS) is 24.3. The summed E-state index contributed by atoms with van der Waals surface area (Å²) in [5, 5.41) is 4.13. The number of hydrogen-bond acceptors (Lipinski definition) is 4. The molecule has 2 amide bonds. The molecule has 6 heteroatoms. The number of anilines is 1. The molecule has 0 unspecified atom stereocenters. The molecule has 0 radical (unpaired) electrons. The number of carbonyl (C=O) groups is 2. The number of benzene rings is 1. The molecule has 0 N–H and O–H groups in total. The van der Waals surface area contributed by atoms with Crippen molar-refractivity contribution in [1.82, 2.24) is 10.1 Å². The molecule has 1 spiro atoms. The monoisotopic (exact) mass is 365 g/mol. The van der Waals surface area contributed by atoms with Crippen molar-refractivity contribution in [1.29, 1.82) is 0 Å². The molecule has 1 atom stereocenters. The molecule has 3 heterocycles. The smallest absolute Gasteiger partial charge is 0.292 e. The third-order valence-corrected chi connectivity index (χ3v) is 6.43. The first-order chi connectivity index (χ1) is 13.1. The standard InChI is InChI=1S/C21H23N3O3/c1-23-17-10-5-3-8-15(17)21(20(23)26)11-6-12-24(13-21)19(25)18-14-7-2-4-9-16(14)22-27-18/h3,5,8,10H,2,4,6-7,9,11-13H2,1H3/t21-/m0/s1. The number of nitrogens with zero attached hydrogens (tertiary/aromatic N) is 3. The highest BCUT2D eigenvalue weighted by atomic mass is 16.5. The van der Waals surface area contributed by atoms with Crippen LogP contribution in [0.5, 0.6) is 0 Å². The van der Waals surface area contributed by atoms with Crippen LogP contribution in [0, 0.1) is 0 Å². The molecule has 6 nitrogen and oxygen atoms in total. The summed E-state index contributed by atoms with van der Waals surface area (Å²) in [5.74, 6) is 0.346. The molecule has 1 aliphatic carbocycles. The van der Waals surface area contributed by atoms with Crippen LogP contribution in [0.3, 0.4) is 0 Å². The van der Waals surface area contributed by atoms with Crippen molar-refractivity contribution in [2.45, 2.75) is 43.9 Å². The van der Waals surface area contributed by atoms with Crippen molar-refractivity contribution < 1.29 is 14.1 Å². The van der Waals surface area contributed by atoms with Gasteiger partial charge in [-0.3, -0.25) is 9.59 Å². The number of aryl methyl sites for hydroxylation is 1. The van der Waals surface area contributed by atoms with Gasteiger partial charge >= 0.3 is 0 Å². The van der Waals surface area contributed by atoms with Crippen LogP contribution in [0.15, 0.2) is 28.8 Å². The predicted molar refractivity (Wildman–Crippen MR) is 99.8 cm³/mol. The fourth-order valence-corrected chi connectivity index (χ4v) is 5.04. The van der Waals surface area contributed by atoms with Crippen molar-refractivity contribution in [3.63, 3.8) is 0 Å². The third kappa shape index (κ3) is 2.28. The summed E-state index contributed by atoms with van der Waals surface area (Å²) in [6.07, 6.45) is 5.46. The van der Waals surface area contributed by atoms with E-state index < -0.39 is 5.41 Å². The first-order valence-corrected chi connectivity index (χ1v) is 9.76. The number of carbonyl (C=O) groups excluding carboxylic acids is 2. The molecule has 1 aromatic carbocycles. The van der Waals surface area contributed by atoms with Gasteiger partial charge in [-0.05, 0) is 50.2 Å². The fraction of sp³-hybridized carbons (Fsp3) is 0.476. The van der Waals surface area contributed by atoms with E-state index in [0.29, 0.717) is 18.8 Å². The van der Waals surface area contributed by atoms with Gasteiger partial charge in [0.1, 0.15) is 0 Å². The zero-order valence-electron chi connectivity index (χ0n) is 15.5. The zero-order valence-corrected chi connectivity index (χ0v) is 15.5. The molecule has 1 saturated heterocycles. The van der Waals surface area contributed by atoms with Crippen LogP contribution in [-0.4, -0.2) is 42.0 Å². The van der Waals surface area contributed by atoms with Gasteiger partial charge in [0.15, 0.2) is 0 Å². The molecule has 2 aliphatic heterocycles. The Morgan fingerprint density at radius 3 is 2.89 bits per heavy atom. The Bertz CT molecular complexity index is 935. The van der Waals surface area contributed by atoms with E-state index in [0.717, 1.165) is 61.0 Å². The molecule has 1 aromatic heterocycles. The second-order valence-electron chi connectivity index (χ2n) is 7.94. The lowest BCUT2D eigenvalue weighted by molar-refractivity contribution is -0.124.